The number of halogens is 1. The van der Waals surface area contributed by atoms with Gasteiger partial charge in [-0.3, -0.25) is 4.90 Å². The highest BCUT2D eigenvalue weighted by atomic mass is 79.9. The maximum Gasteiger partial charge on any atom is 0.101 e. The minimum atomic E-state index is 0. The first-order chi connectivity index (χ1) is 7.90. The van der Waals surface area contributed by atoms with Gasteiger partial charge < -0.3 is 0 Å². The summed E-state index contributed by atoms with van der Waals surface area (Å²) < 4.78 is 0. The molecule has 2 nitrogen and oxygen atoms in total. The van der Waals surface area contributed by atoms with Crippen LogP contribution in [0, 0.1) is 11.3 Å². The zero-order valence-corrected chi connectivity index (χ0v) is 11.5. The molecule has 2 rings (SSSR count). The highest BCUT2D eigenvalue weighted by Gasteiger charge is 2.17. The van der Waals surface area contributed by atoms with E-state index in [0.29, 0.717) is 0 Å². The minimum Gasteiger partial charge on any atom is -0.284 e. The van der Waals surface area contributed by atoms with Crippen LogP contribution in [0.1, 0.15) is 12.0 Å². The van der Waals surface area contributed by atoms with Crippen molar-refractivity contribution in [3.63, 3.8) is 0 Å². The quantitative estimate of drug-likeness (QED) is 0.801. The van der Waals surface area contributed by atoms with Gasteiger partial charge in [0.15, 0.2) is 0 Å². The number of hydrogen-bond donors (Lipinski definition) is 0. The molecule has 90 valence electrons. The average Bonchev–Trinajstić information content (AvgIpc) is 2.38. The summed E-state index contributed by atoms with van der Waals surface area (Å²) in [6, 6.07) is 12.9. The van der Waals surface area contributed by atoms with Crippen molar-refractivity contribution in [3.8, 4) is 6.07 Å². The fourth-order valence-electron chi connectivity index (χ4n) is 2.01. The standard InChI is InChI=1S/C14H16N2.BrH/c15-12-14-8-4-5-10-16(14)11-9-13-6-2-1-3-7-13;/h1-7,14H,8-11H2;1H. The van der Waals surface area contributed by atoms with Crippen LogP contribution in [0.5, 0.6) is 0 Å². The molecule has 0 aliphatic carbocycles. The van der Waals surface area contributed by atoms with Crippen LogP contribution < -0.4 is 0 Å². The first kappa shape index (κ1) is 14.0. The molecule has 0 N–H and O–H groups in total. The van der Waals surface area contributed by atoms with Crippen LogP contribution in [0.4, 0.5) is 0 Å². The molecule has 17 heavy (non-hydrogen) atoms. The van der Waals surface area contributed by atoms with Crippen LogP contribution >= 0.6 is 17.0 Å². The van der Waals surface area contributed by atoms with Gasteiger partial charge in [-0.1, -0.05) is 42.5 Å². The van der Waals surface area contributed by atoms with Gasteiger partial charge in [0.25, 0.3) is 0 Å². The van der Waals surface area contributed by atoms with Crippen molar-refractivity contribution < 1.29 is 0 Å². The largest absolute Gasteiger partial charge is 0.284 e. The zero-order chi connectivity index (χ0) is 11.2. The third kappa shape index (κ3) is 3.99. The minimum absolute atomic E-state index is 0. The molecule has 1 aromatic rings. The smallest absolute Gasteiger partial charge is 0.101 e. The summed E-state index contributed by atoms with van der Waals surface area (Å²) in [6.07, 6.45) is 6.14. The van der Waals surface area contributed by atoms with Crippen LogP contribution in [0.25, 0.3) is 0 Å². The van der Waals surface area contributed by atoms with Crippen LogP contribution in [0.2, 0.25) is 0 Å². The second-order valence-electron chi connectivity index (χ2n) is 4.08. The predicted octanol–water partition coefficient (Wildman–Crippen LogP) is 2.96. The van der Waals surface area contributed by atoms with E-state index in [-0.39, 0.29) is 23.0 Å². The van der Waals surface area contributed by atoms with E-state index >= 15 is 0 Å². The molecule has 1 atom stereocenters. The zero-order valence-electron chi connectivity index (χ0n) is 9.75. The van der Waals surface area contributed by atoms with E-state index in [4.69, 9.17) is 5.26 Å². The maximum atomic E-state index is 9.03. The lowest BCUT2D eigenvalue weighted by Gasteiger charge is -2.27. The van der Waals surface area contributed by atoms with Crippen molar-refractivity contribution in [2.24, 2.45) is 0 Å². The predicted molar refractivity (Wildman–Crippen MR) is 75.2 cm³/mol. The Morgan fingerprint density at radius 1 is 1.24 bits per heavy atom. The van der Waals surface area contributed by atoms with Crippen molar-refractivity contribution >= 4 is 17.0 Å². The average molecular weight is 293 g/mol. The molecule has 1 aliphatic heterocycles. The number of nitrogens with zero attached hydrogens (tertiary/aromatic N) is 2. The fraction of sp³-hybridized carbons (Fsp3) is 0.357. The number of hydrogen-bond acceptors (Lipinski definition) is 2. The van der Waals surface area contributed by atoms with Crippen molar-refractivity contribution in [2.45, 2.75) is 18.9 Å². The summed E-state index contributed by atoms with van der Waals surface area (Å²) in [5.41, 5.74) is 1.34. The second-order valence-corrected chi connectivity index (χ2v) is 4.08. The molecule has 1 heterocycles. The van der Waals surface area contributed by atoms with Gasteiger partial charge in [-0.2, -0.15) is 5.26 Å². The van der Waals surface area contributed by atoms with Crippen molar-refractivity contribution in [3.05, 3.63) is 48.0 Å². The van der Waals surface area contributed by atoms with Gasteiger partial charge in [0.05, 0.1) is 6.07 Å². The van der Waals surface area contributed by atoms with Crippen LogP contribution in [0.15, 0.2) is 42.5 Å². The number of benzene rings is 1. The highest BCUT2D eigenvalue weighted by Crippen LogP contribution is 2.11. The Kier molecular flexibility index (Phi) is 5.96. The first-order valence-corrected chi connectivity index (χ1v) is 5.73. The molecule has 0 bridgehead atoms. The molecule has 0 radical (unpaired) electrons. The van der Waals surface area contributed by atoms with Crippen molar-refractivity contribution in [1.82, 2.24) is 4.90 Å². The number of rotatable bonds is 3. The highest BCUT2D eigenvalue weighted by molar-refractivity contribution is 8.93. The van der Waals surface area contributed by atoms with Crippen LogP contribution in [0.3, 0.4) is 0 Å². The summed E-state index contributed by atoms with van der Waals surface area (Å²) in [6.45, 7) is 1.87. The normalized spacial score (nSPS) is 19.4. The third-order valence-electron chi connectivity index (χ3n) is 2.99. The Morgan fingerprint density at radius 3 is 2.71 bits per heavy atom. The molecule has 1 aromatic carbocycles. The number of nitriles is 1. The molecule has 1 aliphatic rings. The molecular weight excluding hydrogens is 276 g/mol. The fourth-order valence-corrected chi connectivity index (χ4v) is 2.01. The monoisotopic (exact) mass is 292 g/mol. The molecule has 0 fully saturated rings. The summed E-state index contributed by atoms with van der Waals surface area (Å²) in [5, 5.41) is 9.03. The lowest BCUT2D eigenvalue weighted by Crippen LogP contribution is -2.37. The Balaban J connectivity index is 0.00000144. The van der Waals surface area contributed by atoms with Crippen LogP contribution in [-0.2, 0) is 6.42 Å². The van der Waals surface area contributed by atoms with Gasteiger partial charge in [-0.15, -0.1) is 17.0 Å². The molecule has 3 heteroatoms. The van der Waals surface area contributed by atoms with Crippen LogP contribution in [-0.4, -0.2) is 24.0 Å². The van der Waals surface area contributed by atoms with Gasteiger partial charge in [0, 0.05) is 13.1 Å². The van der Waals surface area contributed by atoms with Crippen molar-refractivity contribution in [2.75, 3.05) is 13.1 Å². The molecule has 1 unspecified atom stereocenters. The molecule has 0 saturated heterocycles. The lowest BCUT2D eigenvalue weighted by atomic mass is 10.1. The summed E-state index contributed by atoms with van der Waals surface area (Å²) in [5.74, 6) is 0. The first-order valence-electron chi connectivity index (χ1n) is 5.73. The van der Waals surface area contributed by atoms with Gasteiger partial charge in [-0.25, -0.2) is 0 Å². The molecule has 0 amide bonds. The van der Waals surface area contributed by atoms with Gasteiger partial charge in [-0.05, 0) is 18.4 Å². The lowest BCUT2D eigenvalue weighted by molar-refractivity contribution is 0.253. The van der Waals surface area contributed by atoms with E-state index < -0.39 is 0 Å². The van der Waals surface area contributed by atoms with E-state index in [0.717, 1.165) is 25.9 Å². The Morgan fingerprint density at radius 2 is 2.00 bits per heavy atom. The molecule has 0 saturated carbocycles. The van der Waals surface area contributed by atoms with Gasteiger partial charge >= 0.3 is 0 Å². The van der Waals surface area contributed by atoms with E-state index in [1.54, 1.807) is 0 Å². The second kappa shape index (κ2) is 7.26. The van der Waals surface area contributed by atoms with E-state index in [2.05, 4.69) is 47.4 Å². The molecular formula is C14H17BrN2. The summed E-state index contributed by atoms with van der Waals surface area (Å²) in [4.78, 5) is 2.24. The Bertz CT molecular complexity index is 394. The van der Waals surface area contributed by atoms with Crippen molar-refractivity contribution in [1.29, 1.82) is 5.26 Å². The SMILES string of the molecule is Br.N#CC1CC=CCN1CCc1ccccc1. The Hall–Kier alpha value is -1.11. The topological polar surface area (TPSA) is 27.0 Å². The van der Waals surface area contributed by atoms with Gasteiger partial charge in [0.1, 0.15) is 6.04 Å². The molecule has 0 aromatic heterocycles. The Labute approximate surface area is 113 Å². The maximum absolute atomic E-state index is 9.03. The molecule has 0 spiro atoms. The third-order valence-corrected chi connectivity index (χ3v) is 2.99. The van der Waals surface area contributed by atoms with Gasteiger partial charge in [0.2, 0.25) is 0 Å². The van der Waals surface area contributed by atoms with E-state index in [9.17, 15) is 0 Å². The summed E-state index contributed by atoms with van der Waals surface area (Å²) >= 11 is 0. The van der Waals surface area contributed by atoms with E-state index in [1.807, 2.05) is 6.07 Å². The summed E-state index contributed by atoms with van der Waals surface area (Å²) in [7, 11) is 0. The van der Waals surface area contributed by atoms with E-state index in [1.165, 1.54) is 5.56 Å².